The summed E-state index contributed by atoms with van der Waals surface area (Å²) in [4.78, 5) is 0. The third-order valence-electron chi connectivity index (χ3n) is 0. The molecule has 0 amide bonds. The van der Waals surface area contributed by atoms with E-state index in [2.05, 4.69) is 12.5 Å². The highest BCUT2D eigenvalue weighted by Crippen LogP contribution is 0.958. The molecule has 0 aliphatic carbocycles. The minimum atomic E-state index is -0.250. The van der Waals surface area contributed by atoms with Gasteiger partial charge in [-0.25, -0.2) is 4.78 Å². The van der Waals surface area contributed by atoms with Crippen LogP contribution in [0.5, 0.6) is 0 Å². The SMILES string of the molecule is N=S=O.O=S. The summed E-state index contributed by atoms with van der Waals surface area (Å²) < 4.78 is 21.9. The van der Waals surface area contributed by atoms with E-state index in [1.807, 2.05) is 0 Å². The second kappa shape index (κ2) is 43.9. The van der Waals surface area contributed by atoms with E-state index in [-0.39, 0.29) is 11.5 Å². The first-order valence-electron chi connectivity index (χ1n) is 0.537. The Morgan fingerprint density at radius 1 is 1.60 bits per heavy atom. The molecule has 0 aliphatic heterocycles. The zero-order chi connectivity index (χ0) is 4.71. The van der Waals surface area contributed by atoms with Gasteiger partial charge in [0.2, 0.25) is 0 Å². The second-order valence-corrected chi connectivity index (χ2v) is 0.250. The van der Waals surface area contributed by atoms with Crippen LogP contribution in [-0.2, 0) is 24.0 Å². The van der Waals surface area contributed by atoms with Crippen molar-refractivity contribution in [3.8, 4) is 0 Å². The lowest BCUT2D eigenvalue weighted by atomic mass is 14.0. The summed E-state index contributed by atoms with van der Waals surface area (Å²) >= 11 is 2.58. The summed E-state index contributed by atoms with van der Waals surface area (Å²) in [6.07, 6.45) is 0. The molecule has 3 nitrogen and oxygen atoms in total. The van der Waals surface area contributed by atoms with Crippen molar-refractivity contribution in [1.29, 1.82) is 4.78 Å². The average molecular weight is 111 g/mol. The Bertz CT molecular complexity index is 36.9. The molecule has 0 aromatic rings. The van der Waals surface area contributed by atoms with Gasteiger partial charge >= 0.3 is 0 Å². The van der Waals surface area contributed by atoms with Crippen LogP contribution in [-0.4, -0.2) is 8.42 Å². The van der Waals surface area contributed by atoms with Crippen molar-refractivity contribution >= 4 is 24.0 Å². The van der Waals surface area contributed by atoms with Gasteiger partial charge in [-0.05, 0) is 0 Å². The molecule has 0 rings (SSSR count). The maximum absolute atomic E-state index is 8.51. The van der Waals surface area contributed by atoms with Crippen LogP contribution in [0.1, 0.15) is 0 Å². The Balaban J connectivity index is 0. The molecule has 30 valence electrons. The third-order valence-corrected chi connectivity index (χ3v) is 0. The van der Waals surface area contributed by atoms with E-state index in [1.54, 1.807) is 0 Å². The van der Waals surface area contributed by atoms with Crippen LogP contribution in [0.3, 0.4) is 0 Å². The molecule has 0 aromatic heterocycles. The molecule has 0 fully saturated rings. The van der Waals surface area contributed by atoms with E-state index in [0.717, 1.165) is 0 Å². The van der Waals surface area contributed by atoms with Gasteiger partial charge in [-0.1, -0.05) is 0 Å². The highest BCUT2D eigenvalue weighted by atomic mass is 32.1. The fraction of sp³-hybridized carbons (Fsp3) is 0. The Morgan fingerprint density at radius 2 is 1.60 bits per heavy atom. The zero-order valence-corrected chi connectivity index (χ0v) is 3.77. The maximum Gasteiger partial charge on any atom is 0.197 e. The fourth-order valence-corrected chi connectivity index (χ4v) is 0. The van der Waals surface area contributed by atoms with Crippen molar-refractivity contribution in [3.05, 3.63) is 0 Å². The highest BCUT2D eigenvalue weighted by Gasteiger charge is 1.02. The minimum absolute atomic E-state index is 0.250. The lowest BCUT2D eigenvalue weighted by molar-refractivity contribution is 0.697. The molecule has 0 atom stereocenters. The van der Waals surface area contributed by atoms with E-state index >= 15 is 0 Å². The number of hydrogen-bond acceptors (Lipinski definition) is 4. The van der Waals surface area contributed by atoms with Crippen molar-refractivity contribution in [2.45, 2.75) is 0 Å². The van der Waals surface area contributed by atoms with Crippen molar-refractivity contribution in [2.75, 3.05) is 0 Å². The standard InChI is InChI=1S/HNOS.OS/c1-3-2;1-2/h1H;. The maximum atomic E-state index is 8.51. The molecule has 0 spiro atoms. The Morgan fingerprint density at radius 3 is 1.60 bits per heavy atom. The molecule has 0 aliphatic rings. The third kappa shape index (κ3) is 508. The predicted molar refractivity (Wildman–Crippen MR) is 19.0 cm³/mol. The molecular weight excluding hydrogens is 110 g/mol. The van der Waals surface area contributed by atoms with E-state index in [1.165, 1.54) is 0 Å². The highest BCUT2D eigenvalue weighted by molar-refractivity contribution is 7.53. The van der Waals surface area contributed by atoms with Crippen LogP contribution in [0.25, 0.3) is 0 Å². The van der Waals surface area contributed by atoms with E-state index in [4.69, 9.17) is 13.2 Å². The Hall–Kier alpha value is -0.160. The van der Waals surface area contributed by atoms with Gasteiger partial charge < -0.3 is 0 Å². The van der Waals surface area contributed by atoms with Gasteiger partial charge in [0, 0.05) is 0 Å². The van der Waals surface area contributed by atoms with Crippen LogP contribution in [0.4, 0.5) is 0 Å². The van der Waals surface area contributed by atoms with Crippen molar-refractivity contribution in [2.24, 2.45) is 0 Å². The summed E-state index contributed by atoms with van der Waals surface area (Å²) in [6.45, 7) is 0. The normalized spacial score (nSPS) is 3.20. The quantitative estimate of drug-likeness (QED) is 0.463. The summed E-state index contributed by atoms with van der Waals surface area (Å²) in [5.74, 6) is 0. The zero-order valence-electron chi connectivity index (χ0n) is 2.13. The summed E-state index contributed by atoms with van der Waals surface area (Å²) in [7, 11) is 0. The molecule has 0 saturated carbocycles. The molecule has 0 aromatic carbocycles. The van der Waals surface area contributed by atoms with Gasteiger partial charge in [0.15, 0.2) is 24.0 Å². The van der Waals surface area contributed by atoms with E-state index in [0.29, 0.717) is 0 Å². The molecule has 0 saturated heterocycles. The van der Waals surface area contributed by atoms with Gasteiger partial charge in [0.1, 0.15) is 0 Å². The van der Waals surface area contributed by atoms with Crippen LogP contribution >= 0.6 is 0 Å². The van der Waals surface area contributed by atoms with E-state index in [9.17, 15) is 0 Å². The van der Waals surface area contributed by atoms with Crippen molar-refractivity contribution in [1.82, 2.24) is 0 Å². The van der Waals surface area contributed by atoms with Gasteiger partial charge in [0.05, 0.1) is 0 Å². The van der Waals surface area contributed by atoms with Gasteiger partial charge in [0.25, 0.3) is 0 Å². The Labute approximate surface area is 38.0 Å². The topological polar surface area (TPSA) is 58.0 Å². The molecule has 0 heterocycles. The molecule has 0 unspecified atom stereocenters. The van der Waals surface area contributed by atoms with Crippen molar-refractivity contribution in [3.63, 3.8) is 0 Å². The largest absolute Gasteiger partial charge is 0.210 e. The van der Waals surface area contributed by atoms with Crippen LogP contribution in [0.15, 0.2) is 0 Å². The van der Waals surface area contributed by atoms with Crippen molar-refractivity contribution < 1.29 is 8.42 Å². The fourth-order valence-electron chi connectivity index (χ4n) is 0. The first-order chi connectivity index (χ1) is 2.41. The average Bonchev–Trinajstić information content (AvgIpc) is 1.46. The molecule has 5 heteroatoms. The number of rotatable bonds is 0. The summed E-state index contributed by atoms with van der Waals surface area (Å²) in [5.41, 5.74) is 0. The van der Waals surface area contributed by atoms with E-state index < -0.39 is 0 Å². The molecule has 5 heavy (non-hydrogen) atoms. The number of hydrogen-bond donors (Lipinski definition) is 1. The van der Waals surface area contributed by atoms with Gasteiger partial charge in [-0.15, -0.1) is 0 Å². The summed E-state index contributed by atoms with van der Waals surface area (Å²) in [6, 6.07) is 0. The minimum Gasteiger partial charge on any atom is -0.210 e. The Kier molecular flexibility index (Phi) is 77.7. The van der Waals surface area contributed by atoms with Crippen LogP contribution < -0.4 is 0 Å². The molecule has 0 radical (unpaired) electrons. The first kappa shape index (κ1) is 8.85. The lowest BCUT2D eigenvalue weighted by Gasteiger charge is -1.02. The first-order valence-corrected chi connectivity index (χ1v) is 1.61. The molecular formula is HNO2S2. The lowest BCUT2D eigenvalue weighted by Crippen LogP contribution is -1.09. The smallest absolute Gasteiger partial charge is 0.197 e. The molecule has 0 bridgehead atoms. The second-order valence-electron chi connectivity index (χ2n) is 0.0833. The predicted octanol–water partition coefficient (Wildman–Crippen LogP) is -0.375. The summed E-state index contributed by atoms with van der Waals surface area (Å²) in [5, 5.41) is 0. The monoisotopic (exact) mass is 111 g/mol. The number of nitrogens with one attached hydrogen (secondary N) is 1. The van der Waals surface area contributed by atoms with Crippen LogP contribution in [0.2, 0.25) is 0 Å². The molecule has 1 N–H and O–H groups in total. The van der Waals surface area contributed by atoms with Gasteiger partial charge in [-0.2, -0.15) is 8.42 Å². The van der Waals surface area contributed by atoms with Gasteiger partial charge in [-0.3, -0.25) is 0 Å². The van der Waals surface area contributed by atoms with Crippen LogP contribution in [0, 0.1) is 4.78 Å².